The van der Waals surface area contributed by atoms with Crippen LogP contribution in [0.25, 0.3) is 10.9 Å². The van der Waals surface area contributed by atoms with Crippen LogP contribution in [0.3, 0.4) is 0 Å². The summed E-state index contributed by atoms with van der Waals surface area (Å²) in [5.74, 6) is 0.711. The molecule has 0 aliphatic carbocycles. The largest absolute Gasteiger partial charge is 0.350 e. The van der Waals surface area contributed by atoms with Gasteiger partial charge in [0.1, 0.15) is 6.04 Å². The summed E-state index contributed by atoms with van der Waals surface area (Å²) in [6.07, 6.45) is 1.82. The number of benzene rings is 1. The molecule has 1 atom stereocenters. The Kier molecular flexibility index (Phi) is 4.36. The molecule has 1 saturated heterocycles. The van der Waals surface area contributed by atoms with E-state index in [9.17, 15) is 4.79 Å². The van der Waals surface area contributed by atoms with Gasteiger partial charge in [0.25, 0.3) is 0 Å². The number of amides is 1. The zero-order valence-corrected chi connectivity index (χ0v) is 14.9. The third kappa shape index (κ3) is 3.22. The third-order valence-electron chi connectivity index (χ3n) is 4.64. The number of aromatic nitrogens is 2. The molecule has 0 spiro atoms. The Morgan fingerprint density at radius 3 is 3.04 bits per heavy atom. The standard InChI is InChI=1S/C19H20N4OS/c1-13-15-5-2-3-6-16(15)22-19(21-13)23-9-4-7-17(23)18(24)20-11-14-8-10-25-12-14/h2-3,5-6,8,10,12,17H,4,7,9,11H2,1H3,(H,20,24)/t17-/m1/s1. The first-order valence-corrected chi connectivity index (χ1v) is 9.45. The Labute approximate surface area is 150 Å². The predicted octanol–water partition coefficient (Wildman–Crippen LogP) is 3.28. The maximum absolute atomic E-state index is 12.7. The van der Waals surface area contributed by atoms with Crippen molar-refractivity contribution in [2.24, 2.45) is 0 Å². The van der Waals surface area contributed by atoms with Gasteiger partial charge >= 0.3 is 0 Å². The van der Waals surface area contributed by atoms with Crippen molar-refractivity contribution in [3.8, 4) is 0 Å². The predicted molar refractivity (Wildman–Crippen MR) is 101 cm³/mol. The van der Waals surface area contributed by atoms with Crippen LogP contribution in [-0.2, 0) is 11.3 Å². The summed E-state index contributed by atoms with van der Waals surface area (Å²) in [5, 5.41) is 8.19. The van der Waals surface area contributed by atoms with E-state index < -0.39 is 0 Å². The second-order valence-electron chi connectivity index (χ2n) is 6.33. The molecule has 1 aliphatic rings. The molecule has 1 aliphatic heterocycles. The Bertz CT molecular complexity index is 894. The van der Waals surface area contributed by atoms with Crippen LogP contribution in [0.2, 0.25) is 0 Å². The number of anilines is 1. The van der Waals surface area contributed by atoms with Crippen LogP contribution in [0.5, 0.6) is 0 Å². The normalized spacial score (nSPS) is 17.2. The molecule has 1 N–H and O–H groups in total. The Hall–Kier alpha value is -2.47. The number of hydrogen-bond acceptors (Lipinski definition) is 5. The fourth-order valence-corrected chi connectivity index (χ4v) is 4.00. The minimum atomic E-state index is -0.195. The number of hydrogen-bond donors (Lipinski definition) is 1. The molecule has 0 saturated carbocycles. The molecule has 3 heterocycles. The van der Waals surface area contributed by atoms with Crippen LogP contribution in [0.15, 0.2) is 41.1 Å². The van der Waals surface area contributed by atoms with Gasteiger partial charge in [-0.25, -0.2) is 9.97 Å². The van der Waals surface area contributed by atoms with E-state index in [2.05, 4.69) is 15.7 Å². The van der Waals surface area contributed by atoms with Gasteiger partial charge in [-0.15, -0.1) is 0 Å². The lowest BCUT2D eigenvalue weighted by molar-refractivity contribution is -0.122. The smallest absolute Gasteiger partial charge is 0.243 e. The fourth-order valence-electron chi connectivity index (χ4n) is 3.33. The summed E-state index contributed by atoms with van der Waals surface area (Å²) in [6.45, 7) is 3.38. The van der Waals surface area contributed by atoms with Crippen LogP contribution >= 0.6 is 11.3 Å². The molecule has 5 nitrogen and oxygen atoms in total. The fraction of sp³-hybridized carbons (Fsp3) is 0.316. The average Bonchev–Trinajstić information content (AvgIpc) is 3.31. The van der Waals surface area contributed by atoms with Gasteiger partial charge < -0.3 is 10.2 Å². The van der Waals surface area contributed by atoms with Crippen LogP contribution < -0.4 is 10.2 Å². The number of aryl methyl sites for hydroxylation is 1. The van der Waals surface area contributed by atoms with Crippen molar-refractivity contribution in [2.75, 3.05) is 11.4 Å². The topological polar surface area (TPSA) is 58.1 Å². The Morgan fingerprint density at radius 1 is 1.32 bits per heavy atom. The Morgan fingerprint density at radius 2 is 2.20 bits per heavy atom. The summed E-state index contributed by atoms with van der Waals surface area (Å²) >= 11 is 1.64. The zero-order valence-electron chi connectivity index (χ0n) is 14.1. The van der Waals surface area contributed by atoms with E-state index in [-0.39, 0.29) is 11.9 Å². The SMILES string of the molecule is Cc1nc(N2CCC[C@@H]2C(=O)NCc2ccsc2)nc2ccccc12. The van der Waals surface area contributed by atoms with Crippen LogP contribution in [0.4, 0.5) is 5.95 Å². The monoisotopic (exact) mass is 352 g/mol. The molecule has 1 fully saturated rings. The van der Waals surface area contributed by atoms with E-state index in [0.29, 0.717) is 12.5 Å². The number of para-hydroxylation sites is 1. The van der Waals surface area contributed by atoms with Gasteiger partial charge in [-0.05, 0) is 48.2 Å². The molecule has 4 rings (SSSR count). The number of carbonyl (C=O) groups excluding carboxylic acids is 1. The highest BCUT2D eigenvalue weighted by Gasteiger charge is 2.32. The maximum Gasteiger partial charge on any atom is 0.243 e. The van der Waals surface area contributed by atoms with Gasteiger partial charge in [0.15, 0.2) is 0 Å². The van der Waals surface area contributed by atoms with Gasteiger partial charge in [-0.3, -0.25) is 4.79 Å². The summed E-state index contributed by atoms with van der Waals surface area (Å²) in [4.78, 5) is 24.1. The lowest BCUT2D eigenvalue weighted by Gasteiger charge is -2.24. The number of thiophene rings is 1. The van der Waals surface area contributed by atoms with Crippen molar-refractivity contribution >= 4 is 34.1 Å². The number of rotatable bonds is 4. The molecule has 2 aromatic heterocycles. The molecule has 25 heavy (non-hydrogen) atoms. The van der Waals surface area contributed by atoms with Crippen LogP contribution in [-0.4, -0.2) is 28.5 Å². The highest BCUT2D eigenvalue weighted by molar-refractivity contribution is 7.07. The van der Waals surface area contributed by atoms with Crippen molar-refractivity contribution in [3.63, 3.8) is 0 Å². The van der Waals surface area contributed by atoms with Gasteiger partial charge in [0.05, 0.1) is 11.2 Å². The molecule has 3 aromatic rings. The van der Waals surface area contributed by atoms with Gasteiger partial charge in [-0.1, -0.05) is 18.2 Å². The van der Waals surface area contributed by atoms with Crippen molar-refractivity contribution in [1.29, 1.82) is 0 Å². The highest BCUT2D eigenvalue weighted by atomic mass is 32.1. The molecule has 6 heteroatoms. The molecule has 0 radical (unpaired) electrons. The van der Waals surface area contributed by atoms with Gasteiger partial charge in [0.2, 0.25) is 11.9 Å². The first-order valence-electron chi connectivity index (χ1n) is 8.51. The summed E-state index contributed by atoms with van der Waals surface area (Å²) < 4.78 is 0. The third-order valence-corrected chi connectivity index (χ3v) is 5.37. The van der Waals surface area contributed by atoms with Crippen molar-refractivity contribution in [2.45, 2.75) is 32.4 Å². The van der Waals surface area contributed by atoms with Gasteiger partial charge in [0, 0.05) is 18.5 Å². The summed E-state index contributed by atoms with van der Waals surface area (Å²) in [5.41, 5.74) is 3.01. The highest BCUT2D eigenvalue weighted by Crippen LogP contribution is 2.25. The first-order chi connectivity index (χ1) is 12.2. The minimum Gasteiger partial charge on any atom is -0.350 e. The molecular weight excluding hydrogens is 332 g/mol. The molecule has 0 unspecified atom stereocenters. The van der Waals surface area contributed by atoms with E-state index in [4.69, 9.17) is 4.98 Å². The lowest BCUT2D eigenvalue weighted by atomic mass is 10.2. The van der Waals surface area contributed by atoms with Crippen molar-refractivity contribution < 1.29 is 4.79 Å². The second-order valence-corrected chi connectivity index (χ2v) is 7.11. The number of nitrogens with zero attached hydrogens (tertiary/aromatic N) is 3. The molecule has 0 bridgehead atoms. The molecule has 1 aromatic carbocycles. The number of carbonyl (C=O) groups is 1. The maximum atomic E-state index is 12.7. The average molecular weight is 352 g/mol. The lowest BCUT2D eigenvalue weighted by Crippen LogP contribution is -2.43. The first kappa shape index (κ1) is 16.0. The minimum absolute atomic E-state index is 0.0538. The van der Waals surface area contributed by atoms with E-state index in [1.54, 1.807) is 11.3 Å². The van der Waals surface area contributed by atoms with E-state index in [1.807, 2.05) is 47.5 Å². The molecule has 128 valence electrons. The molecule has 1 amide bonds. The number of nitrogens with one attached hydrogen (secondary N) is 1. The summed E-state index contributed by atoms with van der Waals surface area (Å²) in [7, 11) is 0. The second kappa shape index (κ2) is 6.80. The quantitative estimate of drug-likeness (QED) is 0.783. The van der Waals surface area contributed by atoms with Crippen molar-refractivity contribution in [1.82, 2.24) is 15.3 Å². The van der Waals surface area contributed by atoms with Crippen LogP contribution in [0, 0.1) is 6.92 Å². The van der Waals surface area contributed by atoms with E-state index >= 15 is 0 Å². The number of fused-ring (bicyclic) bond motifs is 1. The zero-order chi connectivity index (χ0) is 17.2. The van der Waals surface area contributed by atoms with Crippen molar-refractivity contribution in [3.05, 3.63) is 52.3 Å². The molecular formula is C19H20N4OS. The van der Waals surface area contributed by atoms with E-state index in [1.165, 1.54) is 0 Å². The van der Waals surface area contributed by atoms with Crippen LogP contribution in [0.1, 0.15) is 24.1 Å². The van der Waals surface area contributed by atoms with Gasteiger partial charge in [-0.2, -0.15) is 11.3 Å². The van der Waals surface area contributed by atoms with E-state index in [0.717, 1.165) is 41.5 Å². The Balaban J connectivity index is 1.55. The summed E-state index contributed by atoms with van der Waals surface area (Å²) in [6, 6.07) is 9.84.